The molecular weight excluding hydrogens is 340 g/mol. The Balaban J connectivity index is 1.80. The molecule has 0 saturated heterocycles. The van der Waals surface area contributed by atoms with Gasteiger partial charge >= 0.3 is 0 Å². The first-order valence-electron chi connectivity index (χ1n) is 9.64. The van der Waals surface area contributed by atoms with Crippen LogP contribution in [0.25, 0.3) is 0 Å². The Kier molecular flexibility index (Phi) is 5.99. The number of amides is 1. The van der Waals surface area contributed by atoms with E-state index < -0.39 is 5.41 Å². The lowest BCUT2D eigenvalue weighted by molar-refractivity contribution is -0.121. The molecule has 0 bridgehead atoms. The highest BCUT2D eigenvalue weighted by atomic mass is 16.5. The van der Waals surface area contributed by atoms with Gasteiger partial charge in [0.1, 0.15) is 5.75 Å². The van der Waals surface area contributed by atoms with E-state index in [4.69, 9.17) is 9.47 Å². The van der Waals surface area contributed by atoms with Crippen LogP contribution in [0.1, 0.15) is 50.2 Å². The summed E-state index contributed by atoms with van der Waals surface area (Å²) < 4.78 is 10.9. The normalized spacial score (nSPS) is 15.4. The molecular formula is C22H28N2O3. The van der Waals surface area contributed by atoms with Crippen LogP contribution in [-0.4, -0.2) is 24.6 Å². The third-order valence-corrected chi connectivity index (χ3v) is 5.27. The molecule has 0 aliphatic heterocycles. The van der Waals surface area contributed by atoms with Crippen molar-refractivity contribution >= 4 is 11.6 Å². The van der Waals surface area contributed by atoms with E-state index in [0.29, 0.717) is 18.2 Å². The molecule has 2 aromatic rings. The first-order valence-corrected chi connectivity index (χ1v) is 9.64. The van der Waals surface area contributed by atoms with Crippen LogP contribution in [-0.2, 0) is 10.2 Å². The Morgan fingerprint density at radius 2 is 1.93 bits per heavy atom. The fourth-order valence-electron chi connectivity index (χ4n) is 3.77. The number of hydrogen-bond acceptors (Lipinski definition) is 4. The van der Waals surface area contributed by atoms with Crippen LogP contribution in [0.2, 0.25) is 0 Å². The minimum absolute atomic E-state index is 0.0357. The summed E-state index contributed by atoms with van der Waals surface area (Å²) in [6.45, 7) is 4.65. The number of anilines is 1. The highest BCUT2D eigenvalue weighted by Crippen LogP contribution is 2.42. The molecule has 1 aliphatic carbocycles. The fraction of sp³-hybridized carbons (Fsp3) is 0.455. The first kappa shape index (κ1) is 19.2. The quantitative estimate of drug-likeness (QED) is 0.773. The lowest BCUT2D eigenvalue weighted by Crippen LogP contribution is -2.38. The molecule has 5 heteroatoms. The zero-order chi connectivity index (χ0) is 19.3. The Morgan fingerprint density at radius 1 is 1.22 bits per heavy atom. The molecule has 3 rings (SSSR count). The first-order chi connectivity index (χ1) is 13.1. The summed E-state index contributed by atoms with van der Waals surface area (Å²) in [5.41, 5.74) is 2.19. The number of carbonyl (C=O) groups is 1. The number of benzene rings is 1. The van der Waals surface area contributed by atoms with E-state index in [1.807, 2.05) is 37.3 Å². The SMILES string of the molecule is CCCOc1ncc(NC(=O)C2(c3ccc(OC)cc3)CCCC2)cc1C. The summed E-state index contributed by atoms with van der Waals surface area (Å²) in [5, 5.41) is 3.09. The predicted molar refractivity (Wildman–Crippen MR) is 107 cm³/mol. The van der Waals surface area contributed by atoms with E-state index in [1.54, 1.807) is 13.3 Å². The van der Waals surface area contributed by atoms with Gasteiger partial charge in [0, 0.05) is 5.56 Å². The number of ether oxygens (including phenoxy) is 2. The van der Waals surface area contributed by atoms with Gasteiger partial charge in [-0.1, -0.05) is 31.9 Å². The van der Waals surface area contributed by atoms with E-state index in [-0.39, 0.29) is 5.91 Å². The summed E-state index contributed by atoms with van der Waals surface area (Å²) in [4.78, 5) is 17.6. The molecule has 144 valence electrons. The highest BCUT2D eigenvalue weighted by molar-refractivity contribution is 5.99. The Labute approximate surface area is 161 Å². The van der Waals surface area contributed by atoms with Gasteiger partial charge in [-0.25, -0.2) is 4.98 Å². The fourth-order valence-corrected chi connectivity index (χ4v) is 3.77. The average molecular weight is 368 g/mol. The van der Waals surface area contributed by atoms with Gasteiger partial charge in [-0.2, -0.15) is 0 Å². The second-order valence-electron chi connectivity index (χ2n) is 7.17. The molecule has 1 aromatic carbocycles. The number of pyridine rings is 1. The van der Waals surface area contributed by atoms with Crippen LogP contribution in [0.15, 0.2) is 36.5 Å². The van der Waals surface area contributed by atoms with Crippen molar-refractivity contribution in [3.63, 3.8) is 0 Å². The topological polar surface area (TPSA) is 60.5 Å². The van der Waals surface area contributed by atoms with Crippen molar-refractivity contribution in [3.8, 4) is 11.6 Å². The van der Waals surface area contributed by atoms with E-state index in [1.165, 1.54) is 0 Å². The van der Waals surface area contributed by atoms with E-state index >= 15 is 0 Å². The van der Waals surface area contributed by atoms with Gasteiger partial charge in [-0.05, 0) is 49.9 Å². The zero-order valence-electron chi connectivity index (χ0n) is 16.4. The van der Waals surface area contributed by atoms with Gasteiger partial charge in [0.15, 0.2) is 0 Å². The third kappa shape index (κ3) is 4.07. The minimum Gasteiger partial charge on any atom is -0.497 e. The van der Waals surface area contributed by atoms with Gasteiger partial charge in [-0.15, -0.1) is 0 Å². The number of rotatable bonds is 7. The van der Waals surface area contributed by atoms with Crippen molar-refractivity contribution in [2.45, 2.75) is 51.4 Å². The molecule has 0 atom stereocenters. The van der Waals surface area contributed by atoms with Crippen LogP contribution in [0.5, 0.6) is 11.6 Å². The Bertz CT molecular complexity index is 781. The number of aromatic nitrogens is 1. The second kappa shape index (κ2) is 8.42. The van der Waals surface area contributed by atoms with Crippen molar-refractivity contribution in [2.75, 3.05) is 19.0 Å². The van der Waals surface area contributed by atoms with Crippen LogP contribution in [0.4, 0.5) is 5.69 Å². The van der Waals surface area contributed by atoms with E-state index in [2.05, 4.69) is 17.2 Å². The summed E-state index contributed by atoms with van der Waals surface area (Å²) in [6, 6.07) is 9.79. The number of nitrogens with zero attached hydrogens (tertiary/aromatic N) is 1. The average Bonchev–Trinajstić information content (AvgIpc) is 3.19. The summed E-state index contributed by atoms with van der Waals surface area (Å²) in [5.74, 6) is 1.46. The highest BCUT2D eigenvalue weighted by Gasteiger charge is 2.42. The maximum absolute atomic E-state index is 13.3. The molecule has 1 heterocycles. The van der Waals surface area contributed by atoms with Crippen molar-refractivity contribution in [1.82, 2.24) is 4.98 Å². The molecule has 1 fully saturated rings. The van der Waals surface area contributed by atoms with Gasteiger partial charge in [0.2, 0.25) is 11.8 Å². The molecule has 27 heavy (non-hydrogen) atoms. The number of methoxy groups -OCH3 is 1. The van der Waals surface area contributed by atoms with Gasteiger partial charge < -0.3 is 14.8 Å². The molecule has 1 aromatic heterocycles. The maximum atomic E-state index is 13.3. The van der Waals surface area contributed by atoms with Crippen molar-refractivity contribution < 1.29 is 14.3 Å². The Hall–Kier alpha value is -2.56. The van der Waals surface area contributed by atoms with Crippen molar-refractivity contribution in [1.29, 1.82) is 0 Å². The van der Waals surface area contributed by atoms with Crippen LogP contribution in [0.3, 0.4) is 0 Å². The zero-order valence-corrected chi connectivity index (χ0v) is 16.4. The monoisotopic (exact) mass is 368 g/mol. The van der Waals surface area contributed by atoms with Gasteiger partial charge in [0.25, 0.3) is 0 Å². The third-order valence-electron chi connectivity index (χ3n) is 5.27. The van der Waals surface area contributed by atoms with Crippen LogP contribution in [0, 0.1) is 6.92 Å². The number of carbonyl (C=O) groups excluding carboxylic acids is 1. The molecule has 0 unspecified atom stereocenters. The number of hydrogen-bond donors (Lipinski definition) is 1. The lowest BCUT2D eigenvalue weighted by Gasteiger charge is -2.28. The van der Waals surface area contributed by atoms with Crippen LogP contribution >= 0.6 is 0 Å². The largest absolute Gasteiger partial charge is 0.497 e. The molecule has 0 spiro atoms. The Morgan fingerprint density at radius 3 is 2.52 bits per heavy atom. The standard InChI is InChI=1S/C22H28N2O3/c1-4-13-27-20-16(2)14-18(15-23-20)24-21(25)22(11-5-6-12-22)17-7-9-19(26-3)10-8-17/h7-10,14-15H,4-6,11-13H2,1-3H3,(H,24,25). The second-order valence-corrected chi connectivity index (χ2v) is 7.17. The molecule has 1 saturated carbocycles. The van der Waals surface area contributed by atoms with Gasteiger partial charge in [-0.3, -0.25) is 4.79 Å². The van der Waals surface area contributed by atoms with Crippen molar-refractivity contribution in [2.24, 2.45) is 0 Å². The van der Waals surface area contributed by atoms with E-state index in [9.17, 15) is 4.79 Å². The number of aryl methyl sites for hydroxylation is 1. The smallest absolute Gasteiger partial charge is 0.235 e. The molecule has 0 radical (unpaired) electrons. The molecule has 1 amide bonds. The van der Waals surface area contributed by atoms with Crippen molar-refractivity contribution in [3.05, 3.63) is 47.7 Å². The van der Waals surface area contributed by atoms with Gasteiger partial charge in [0.05, 0.1) is 31.0 Å². The molecule has 5 nitrogen and oxygen atoms in total. The minimum atomic E-state index is -0.489. The lowest BCUT2D eigenvalue weighted by atomic mass is 9.78. The number of nitrogens with one attached hydrogen (secondary N) is 1. The van der Waals surface area contributed by atoms with E-state index in [0.717, 1.165) is 49.0 Å². The summed E-state index contributed by atoms with van der Waals surface area (Å²) in [6.07, 6.45) is 6.43. The van der Waals surface area contributed by atoms with Crippen LogP contribution < -0.4 is 14.8 Å². The maximum Gasteiger partial charge on any atom is 0.235 e. The molecule has 1 aliphatic rings. The summed E-state index contributed by atoms with van der Waals surface area (Å²) in [7, 11) is 1.65. The summed E-state index contributed by atoms with van der Waals surface area (Å²) >= 11 is 0. The molecule has 1 N–H and O–H groups in total. The predicted octanol–water partition coefficient (Wildman–Crippen LogP) is 4.64.